The second-order valence-corrected chi connectivity index (χ2v) is 7.55. The van der Waals surface area contributed by atoms with Crippen molar-refractivity contribution in [2.45, 2.75) is 17.5 Å². The minimum atomic E-state index is -4.64. The summed E-state index contributed by atoms with van der Waals surface area (Å²) >= 11 is 0. The van der Waals surface area contributed by atoms with Crippen LogP contribution in [0.5, 0.6) is 0 Å². The Morgan fingerprint density at radius 2 is 1.88 bits per heavy atom. The van der Waals surface area contributed by atoms with Crippen molar-refractivity contribution < 1.29 is 31.1 Å². The molecular formula is C17H14F3NO4S. The number of halogens is 3. The Labute approximate surface area is 148 Å². The highest BCUT2D eigenvalue weighted by molar-refractivity contribution is 7.92. The van der Waals surface area contributed by atoms with Gasteiger partial charge in [0.1, 0.15) is 0 Å². The van der Waals surface area contributed by atoms with E-state index >= 15 is 0 Å². The molecule has 1 aliphatic rings. The lowest BCUT2D eigenvalue weighted by atomic mass is 10.1. The van der Waals surface area contributed by atoms with E-state index in [-0.39, 0.29) is 12.1 Å². The summed E-state index contributed by atoms with van der Waals surface area (Å²) in [6.07, 6.45) is -4.29. The summed E-state index contributed by atoms with van der Waals surface area (Å²) in [6.45, 7) is 0.0819. The highest BCUT2D eigenvalue weighted by Gasteiger charge is 2.35. The molecule has 26 heavy (non-hydrogen) atoms. The Morgan fingerprint density at radius 1 is 1.15 bits per heavy atom. The number of hydrogen-bond donors (Lipinski definition) is 0. The fraction of sp³-hybridized carbons (Fsp3) is 0.235. The van der Waals surface area contributed by atoms with Crippen molar-refractivity contribution >= 4 is 21.7 Å². The highest BCUT2D eigenvalue weighted by atomic mass is 32.2. The van der Waals surface area contributed by atoms with Gasteiger partial charge in [-0.15, -0.1) is 0 Å². The van der Waals surface area contributed by atoms with Crippen molar-refractivity contribution in [2.24, 2.45) is 0 Å². The molecule has 5 nitrogen and oxygen atoms in total. The maximum Gasteiger partial charge on any atom is 0.416 e. The van der Waals surface area contributed by atoms with Gasteiger partial charge in [0.2, 0.25) is 0 Å². The average molecular weight is 385 g/mol. The number of fused-ring (bicyclic) bond motifs is 1. The van der Waals surface area contributed by atoms with Crippen LogP contribution in [0.3, 0.4) is 0 Å². The molecule has 1 heterocycles. The summed E-state index contributed by atoms with van der Waals surface area (Å²) in [6, 6.07) is 8.04. The predicted octanol–water partition coefficient (Wildman–Crippen LogP) is 3.24. The van der Waals surface area contributed by atoms with Gasteiger partial charge in [0.25, 0.3) is 10.0 Å². The molecule has 0 saturated heterocycles. The summed E-state index contributed by atoms with van der Waals surface area (Å²) in [5.74, 6) is -0.549. The molecule has 0 saturated carbocycles. The number of carbonyl (C=O) groups excluding carboxylic acids is 1. The van der Waals surface area contributed by atoms with Gasteiger partial charge in [0.15, 0.2) is 0 Å². The van der Waals surface area contributed by atoms with Crippen molar-refractivity contribution in [1.29, 1.82) is 0 Å². The van der Waals surface area contributed by atoms with E-state index < -0.39 is 32.6 Å². The molecule has 0 aliphatic carbocycles. The van der Waals surface area contributed by atoms with E-state index in [4.69, 9.17) is 0 Å². The molecule has 0 spiro atoms. The SMILES string of the molecule is COC(=O)c1ccc2c(c1)CCN2S(=O)(=O)c1cccc(C(F)(F)F)c1. The van der Waals surface area contributed by atoms with Gasteiger partial charge in [-0.1, -0.05) is 6.07 Å². The van der Waals surface area contributed by atoms with Gasteiger partial charge < -0.3 is 4.74 Å². The van der Waals surface area contributed by atoms with E-state index in [0.717, 1.165) is 22.5 Å². The molecule has 0 unspecified atom stereocenters. The van der Waals surface area contributed by atoms with Crippen LogP contribution in [-0.4, -0.2) is 28.0 Å². The highest BCUT2D eigenvalue weighted by Crippen LogP contribution is 2.35. The van der Waals surface area contributed by atoms with Crippen LogP contribution in [0.2, 0.25) is 0 Å². The van der Waals surface area contributed by atoms with E-state index in [0.29, 0.717) is 23.7 Å². The molecule has 0 bridgehead atoms. The van der Waals surface area contributed by atoms with Crippen LogP contribution in [0.4, 0.5) is 18.9 Å². The number of alkyl halides is 3. The maximum atomic E-state index is 12.9. The van der Waals surface area contributed by atoms with Crippen molar-refractivity contribution in [3.63, 3.8) is 0 Å². The average Bonchev–Trinajstić information content (AvgIpc) is 3.04. The summed E-state index contributed by atoms with van der Waals surface area (Å²) in [5, 5.41) is 0. The van der Waals surface area contributed by atoms with Crippen LogP contribution in [-0.2, 0) is 27.4 Å². The number of anilines is 1. The third-order valence-electron chi connectivity index (χ3n) is 4.10. The smallest absolute Gasteiger partial charge is 0.416 e. The topological polar surface area (TPSA) is 63.7 Å². The fourth-order valence-electron chi connectivity index (χ4n) is 2.83. The van der Waals surface area contributed by atoms with E-state index in [1.165, 1.54) is 25.3 Å². The fourth-order valence-corrected chi connectivity index (χ4v) is 4.38. The van der Waals surface area contributed by atoms with Gasteiger partial charge in [-0.25, -0.2) is 13.2 Å². The number of hydrogen-bond acceptors (Lipinski definition) is 4. The predicted molar refractivity (Wildman–Crippen MR) is 87.5 cm³/mol. The zero-order chi connectivity index (χ0) is 19.1. The van der Waals surface area contributed by atoms with Crippen LogP contribution < -0.4 is 4.31 Å². The summed E-state index contributed by atoms with van der Waals surface area (Å²) in [7, 11) is -2.92. The van der Waals surface area contributed by atoms with Crippen LogP contribution in [0, 0.1) is 0 Å². The van der Waals surface area contributed by atoms with Gasteiger partial charge >= 0.3 is 12.1 Å². The standard InChI is InChI=1S/C17H14F3NO4S/c1-25-16(22)12-5-6-15-11(9-12)7-8-21(15)26(23,24)14-4-2-3-13(10-14)17(18,19)20/h2-6,9-10H,7-8H2,1H3. The number of nitrogens with zero attached hydrogens (tertiary/aromatic N) is 1. The molecule has 0 amide bonds. The molecule has 9 heteroatoms. The molecule has 3 rings (SSSR count). The minimum Gasteiger partial charge on any atom is -0.465 e. The van der Waals surface area contributed by atoms with E-state index in [1.54, 1.807) is 0 Å². The zero-order valence-electron chi connectivity index (χ0n) is 13.6. The molecule has 2 aromatic carbocycles. The van der Waals surface area contributed by atoms with Crippen molar-refractivity contribution in [1.82, 2.24) is 0 Å². The zero-order valence-corrected chi connectivity index (χ0v) is 14.4. The third kappa shape index (κ3) is 3.14. The van der Waals surface area contributed by atoms with E-state index in [1.807, 2.05) is 0 Å². The van der Waals surface area contributed by atoms with Crippen LogP contribution in [0.25, 0.3) is 0 Å². The van der Waals surface area contributed by atoms with Crippen LogP contribution in [0.15, 0.2) is 47.4 Å². The Hall–Kier alpha value is -2.55. The van der Waals surface area contributed by atoms with Crippen molar-refractivity contribution in [3.8, 4) is 0 Å². The number of methoxy groups -OCH3 is 1. The second-order valence-electron chi connectivity index (χ2n) is 5.69. The number of esters is 1. The molecular weight excluding hydrogens is 371 g/mol. The van der Waals surface area contributed by atoms with Gasteiger partial charge in [0.05, 0.1) is 28.8 Å². The quantitative estimate of drug-likeness (QED) is 0.761. The lowest BCUT2D eigenvalue weighted by Crippen LogP contribution is -2.29. The molecule has 2 aromatic rings. The number of benzene rings is 2. The molecule has 1 aliphatic heterocycles. The first-order valence-corrected chi connectivity index (χ1v) is 9.00. The van der Waals surface area contributed by atoms with Crippen molar-refractivity contribution in [2.75, 3.05) is 18.0 Å². The first-order valence-electron chi connectivity index (χ1n) is 7.56. The Kier molecular flexibility index (Phi) is 4.43. The second kappa shape index (κ2) is 6.31. The summed E-state index contributed by atoms with van der Waals surface area (Å²) in [4.78, 5) is 11.2. The lowest BCUT2D eigenvalue weighted by Gasteiger charge is -2.20. The van der Waals surface area contributed by atoms with Crippen molar-refractivity contribution in [3.05, 3.63) is 59.2 Å². The first kappa shape index (κ1) is 18.2. The molecule has 0 radical (unpaired) electrons. The third-order valence-corrected chi connectivity index (χ3v) is 5.91. The number of ether oxygens (including phenoxy) is 1. The van der Waals surface area contributed by atoms with Gasteiger partial charge in [0, 0.05) is 6.54 Å². The Balaban J connectivity index is 2.00. The number of sulfonamides is 1. The molecule has 0 N–H and O–H groups in total. The van der Waals surface area contributed by atoms with E-state index in [9.17, 15) is 26.4 Å². The number of rotatable bonds is 3. The largest absolute Gasteiger partial charge is 0.465 e. The number of carbonyl (C=O) groups is 1. The lowest BCUT2D eigenvalue weighted by molar-refractivity contribution is -0.137. The maximum absolute atomic E-state index is 12.9. The van der Waals surface area contributed by atoms with Crippen LogP contribution >= 0.6 is 0 Å². The molecule has 138 valence electrons. The molecule has 0 fully saturated rings. The summed E-state index contributed by atoms with van der Waals surface area (Å²) < 4.78 is 69.9. The van der Waals surface area contributed by atoms with E-state index in [2.05, 4.69) is 4.74 Å². The monoisotopic (exact) mass is 385 g/mol. The van der Waals surface area contributed by atoms with Gasteiger partial charge in [-0.2, -0.15) is 13.2 Å². The molecule has 0 aromatic heterocycles. The molecule has 0 atom stereocenters. The van der Waals surface area contributed by atoms with Gasteiger partial charge in [-0.3, -0.25) is 4.31 Å². The normalized spacial score (nSPS) is 14.2. The first-order chi connectivity index (χ1) is 12.1. The Morgan fingerprint density at radius 3 is 2.54 bits per heavy atom. The van der Waals surface area contributed by atoms with Crippen LogP contribution in [0.1, 0.15) is 21.5 Å². The minimum absolute atomic E-state index is 0.0819. The summed E-state index contributed by atoms with van der Waals surface area (Å²) in [5.41, 5.74) is 0.210. The van der Waals surface area contributed by atoms with Gasteiger partial charge in [-0.05, 0) is 48.4 Å². The Bertz CT molecular complexity index is 970.